The molecular formula is C22H24N8O. The fourth-order valence-corrected chi connectivity index (χ4v) is 3.91. The minimum Gasteiger partial charge on any atom is -0.396 e. The van der Waals surface area contributed by atoms with E-state index in [1.807, 2.05) is 16.7 Å². The van der Waals surface area contributed by atoms with Gasteiger partial charge in [0.25, 0.3) is 0 Å². The number of aliphatic hydroxyl groups is 1. The highest BCUT2D eigenvalue weighted by Gasteiger charge is 2.22. The van der Waals surface area contributed by atoms with Crippen LogP contribution in [0.15, 0.2) is 55.1 Å². The number of imidazole rings is 1. The molecule has 31 heavy (non-hydrogen) atoms. The maximum Gasteiger partial charge on any atom is 0.229 e. The zero-order valence-electron chi connectivity index (χ0n) is 17.1. The van der Waals surface area contributed by atoms with E-state index in [9.17, 15) is 0 Å². The van der Waals surface area contributed by atoms with Crippen molar-refractivity contribution >= 4 is 28.6 Å². The molecule has 1 aromatic carbocycles. The molecule has 0 saturated carbocycles. The first-order chi connectivity index (χ1) is 15.2. The molecule has 1 saturated heterocycles. The molecule has 0 aliphatic carbocycles. The fraction of sp³-hybridized carbons (Fsp3) is 0.273. The van der Waals surface area contributed by atoms with Gasteiger partial charge < -0.3 is 20.6 Å². The van der Waals surface area contributed by atoms with Crippen molar-refractivity contribution in [3.05, 3.63) is 60.7 Å². The predicted molar refractivity (Wildman–Crippen MR) is 121 cm³/mol. The Labute approximate surface area is 179 Å². The Hall–Kier alpha value is -3.72. The maximum atomic E-state index is 9.08. The van der Waals surface area contributed by atoms with E-state index < -0.39 is 0 Å². The molecule has 0 atom stereocenters. The molecule has 158 valence electrons. The van der Waals surface area contributed by atoms with Gasteiger partial charge in [-0.3, -0.25) is 9.55 Å². The van der Waals surface area contributed by atoms with E-state index in [0.29, 0.717) is 29.4 Å². The van der Waals surface area contributed by atoms with Crippen molar-refractivity contribution in [1.29, 1.82) is 0 Å². The summed E-state index contributed by atoms with van der Waals surface area (Å²) in [6.07, 6.45) is 5.88. The van der Waals surface area contributed by atoms with Gasteiger partial charge in [0.2, 0.25) is 5.95 Å². The standard InChI is InChI=1S/C22H24N8O/c23-20-19-21(30(15-25-19)18-5-8-24-9-6-18)27-22(26-20)29-12-10-28(11-13-29)17-3-1-16(2-4-17)7-14-31/h1-6,8-9,15,31H,7,10-14H2,(H2,23,26,27). The van der Waals surface area contributed by atoms with Gasteiger partial charge in [0.05, 0.1) is 5.69 Å². The van der Waals surface area contributed by atoms with E-state index in [-0.39, 0.29) is 6.61 Å². The van der Waals surface area contributed by atoms with Crippen LogP contribution in [-0.2, 0) is 6.42 Å². The monoisotopic (exact) mass is 416 g/mol. The molecule has 5 rings (SSSR count). The summed E-state index contributed by atoms with van der Waals surface area (Å²) in [6.45, 7) is 3.50. The molecule has 0 radical (unpaired) electrons. The first-order valence-electron chi connectivity index (χ1n) is 10.3. The molecular weight excluding hydrogens is 392 g/mol. The second-order valence-corrected chi connectivity index (χ2v) is 7.52. The quantitative estimate of drug-likeness (QED) is 0.506. The Balaban J connectivity index is 1.36. The molecule has 1 aliphatic heterocycles. The lowest BCUT2D eigenvalue weighted by Crippen LogP contribution is -2.47. The number of benzene rings is 1. The van der Waals surface area contributed by atoms with Gasteiger partial charge in [-0.2, -0.15) is 9.97 Å². The normalized spacial score (nSPS) is 14.4. The Morgan fingerprint density at radius 3 is 2.29 bits per heavy atom. The highest BCUT2D eigenvalue weighted by atomic mass is 16.2. The largest absolute Gasteiger partial charge is 0.396 e. The molecule has 0 spiro atoms. The molecule has 9 heteroatoms. The first kappa shape index (κ1) is 19.3. The zero-order chi connectivity index (χ0) is 21.2. The topological polar surface area (TPSA) is 109 Å². The van der Waals surface area contributed by atoms with Crippen LogP contribution < -0.4 is 15.5 Å². The van der Waals surface area contributed by atoms with Gasteiger partial charge in [0.1, 0.15) is 6.33 Å². The summed E-state index contributed by atoms with van der Waals surface area (Å²) in [5.74, 6) is 1.01. The van der Waals surface area contributed by atoms with E-state index in [2.05, 4.69) is 49.0 Å². The van der Waals surface area contributed by atoms with Crippen molar-refractivity contribution in [2.45, 2.75) is 6.42 Å². The zero-order valence-corrected chi connectivity index (χ0v) is 17.1. The molecule has 3 N–H and O–H groups in total. The SMILES string of the molecule is Nc1nc(N2CCN(c3ccc(CCO)cc3)CC2)nc2c1ncn2-c1ccncc1. The van der Waals surface area contributed by atoms with Crippen molar-refractivity contribution in [3.8, 4) is 5.69 Å². The van der Waals surface area contributed by atoms with Crippen LogP contribution in [0, 0.1) is 0 Å². The van der Waals surface area contributed by atoms with Gasteiger partial charge in [0.15, 0.2) is 17.0 Å². The lowest BCUT2D eigenvalue weighted by molar-refractivity contribution is 0.299. The molecule has 9 nitrogen and oxygen atoms in total. The number of piperazine rings is 1. The predicted octanol–water partition coefficient (Wildman–Crippen LogP) is 1.65. The van der Waals surface area contributed by atoms with Gasteiger partial charge in [0, 0.05) is 50.9 Å². The van der Waals surface area contributed by atoms with Crippen molar-refractivity contribution < 1.29 is 5.11 Å². The van der Waals surface area contributed by atoms with Gasteiger partial charge in [-0.15, -0.1) is 0 Å². The highest BCUT2D eigenvalue weighted by molar-refractivity contribution is 5.84. The number of aromatic nitrogens is 5. The van der Waals surface area contributed by atoms with Crippen LogP contribution >= 0.6 is 0 Å². The fourth-order valence-electron chi connectivity index (χ4n) is 3.91. The Morgan fingerprint density at radius 1 is 0.871 bits per heavy atom. The summed E-state index contributed by atoms with van der Waals surface area (Å²) >= 11 is 0. The van der Waals surface area contributed by atoms with Crippen molar-refractivity contribution in [2.75, 3.05) is 48.3 Å². The molecule has 1 fully saturated rings. The third-order valence-electron chi connectivity index (χ3n) is 5.62. The van der Waals surface area contributed by atoms with Crippen molar-refractivity contribution in [3.63, 3.8) is 0 Å². The smallest absolute Gasteiger partial charge is 0.229 e. The van der Waals surface area contributed by atoms with Crippen molar-refractivity contribution in [1.82, 2.24) is 24.5 Å². The summed E-state index contributed by atoms with van der Waals surface area (Å²) in [7, 11) is 0. The number of rotatable bonds is 5. The average Bonchev–Trinajstić information content (AvgIpc) is 3.25. The van der Waals surface area contributed by atoms with E-state index in [0.717, 1.165) is 37.4 Å². The van der Waals surface area contributed by atoms with Crippen LogP contribution in [-0.4, -0.2) is 62.4 Å². The Kier molecular flexibility index (Phi) is 5.09. The third-order valence-corrected chi connectivity index (χ3v) is 5.62. The molecule has 4 heterocycles. The molecule has 0 unspecified atom stereocenters. The summed E-state index contributed by atoms with van der Waals surface area (Å²) in [5.41, 5.74) is 10.8. The summed E-state index contributed by atoms with van der Waals surface area (Å²) in [5, 5.41) is 9.08. The van der Waals surface area contributed by atoms with Crippen LogP contribution in [0.2, 0.25) is 0 Å². The number of pyridine rings is 1. The Morgan fingerprint density at radius 2 is 1.58 bits per heavy atom. The van der Waals surface area contributed by atoms with Crippen LogP contribution in [0.3, 0.4) is 0 Å². The first-order valence-corrected chi connectivity index (χ1v) is 10.3. The lowest BCUT2D eigenvalue weighted by atomic mass is 10.1. The van der Waals surface area contributed by atoms with E-state index >= 15 is 0 Å². The number of nitrogens with zero attached hydrogens (tertiary/aromatic N) is 7. The number of hydrogen-bond acceptors (Lipinski definition) is 8. The van der Waals surface area contributed by atoms with Crippen LogP contribution in [0.1, 0.15) is 5.56 Å². The summed E-state index contributed by atoms with van der Waals surface area (Å²) in [6, 6.07) is 12.2. The van der Waals surface area contributed by atoms with Crippen molar-refractivity contribution in [2.24, 2.45) is 0 Å². The van der Waals surface area contributed by atoms with Gasteiger partial charge in [-0.1, -0.05) is 12.1 Å². The molecule has 1 aliphatic rings. The molecule has 3 aromatic heterocycles. The Bertz CT molecular complexity index is 1170. The number of nitrogens with two attached hydrogens (primary N) is 1. The van der Waals surface area contributed by atoms with E-state index in [1.54, 1.807) is 18.7 Å². The number of anilines is 3. The number of aliphatic hydroxyl groups excluding tert-OH is 1. The van der Waals surface area contributed by atoms with Crippen LogP contribution in [0.5, 0.6) is 0 Å². The average molecular weight is 416 g/mol. The second-order valence-electron chi connectivity index (χ2n) is 7.52. The van der Waals surface area contributed by atoms with Gasteiger partial charge in [-0.25, -0.2) is 4.98 Å². The maximum absolute atomic E-state index is 9.08. The molecule has 0 amide bonds. The molecule has 0 bridgehead atoms. The number of fused-ring (bicyclic) bond motifs is 1. The summed E-state index contributed by atoms with van der Waals surface area (Å²) < 4.78 is 1.91. The number of hydrogen-bond donors (Lipinski definition) is 2. The second kappa shape index (κ2) is 8.19. The molecule has 4 aromatic rings. The number of nitrogen functional groups attached to an aromatic ring is 1. The minimum atomic E-state index is 0.172. The van der Waals surface area contributed by atoms with Gasteiger partial charge in [-0.05, 0) is 36.2 Å². The van der Waals surface area contributed by atoms with Gasteiger partial charge >= 0.3 is 0 Å². The van der Waals surface area contributed by atoms with E-state index in [1.165, 1.54) is 5.69 Å². The highest BCUT2D eigenvalue weighted by Crippen LogP contribution is 2.24. The third kappa shape index (κ3) is 3.75. The van der Waals surface area contributed by atoms with Crippen LogP contribution in [0.4, 0.5) is 17.5 Å². The summed E-state index contributed by atoms with van der Waals surface area (Å²) in [4.78, 5) is 22.3. The van der Waals surface area contributed by atoms with E-state index in [4.69, 9.17) is 15.8 Å². The lowest BCUT2D eigenvalue weighted by Gasteiger charge is -2.36. The van der Waals surface area contributed by atoms with Crippen LogP contribution in [0.25, 0.3) is 16.9 Å². The minimum absolute atomic E-state index is 0.172.